The molecular weight excluding hydrogens is 332 g/mol. The van der Waals surface area contributed by atoms with Crippen LogP contribution in [0.5, 0.6) is 11.6 Å². The predicted molar refractivity (Wildman–Crippen MR) is 100 cm³/mol. The molecule has 1 aliphatic rings. The number of hydrogen-bond donors (Lipinski definition) is 2. The molecule has 3 rings (SSSR count). The van der Waals surface area contributed by atoms with Crippen LogP contribution >= 0.6 is 0 Å². The van der Waals surface area contributed by atoms with Crippen LogP contribution in [0.3, 0.4) is 0 Å². The van der Waals surface area contributed by atoms with Crippen LogP contribution in [0.1, 0.15) is 12.8 Å². The maximum Gasteiger partial charge on any atom is 0.323 e. The van der Waals surface area contributed by atoms with E-state index in [-0.39, 0.29) is 12.1 Å². The van der Waals surface area contributed by atoms with Gasteiger partial charge in [0.25, 0.3) is 0 Å². The summed E-state index contributed by atoms with van der Waals surface area (Å²) < 4.78 is 5.67. The quantitative estimate of drug-likeness (QED) is 0.817. The maximum atomic E-state index is 12.5. The molecular formula is C18H24N6O2. The number of likely N-dealkylation sites (tertiary alicyclic amines) is 1. The Bertz CT molecular complexity index is 744. The van der Waals surface area contributed by atoms with Gasteiger partial charge in [-0.05, 0) is 57.2 Å². The highest BCUT2D eigenvalue weighted by atomic mass is 16.5. The van der Waals surface area contributed by atoms with Crippen molar-refractivity contribution in [2.75, 3.05) is 38.2 Å². The first-order valence-corrected chi connectivity index (χ1v) is 8.59. The molecule has 2 aromatic rings. The van der Waals surface area contributed by atoms with E-state index in [1.54, 1.807) is 35.2 Å². The summed E-state index contributed by atoms with van der Waals surface area (Å²) in [5, 5.41) is 2.81. The molecule has 1 aromatic heterocycles. The summed E-state index contributed by atoms with van der Waals surface area (Å²) >= 11 is 0. The van der Waals surface area contributed by atoms with E-state index in [1.165, 1.54) is 6.33 Å². The summed E-state index contributed by atoms with van der Waals surface area (Å²) in [5.41, 5.74) is 6.32. The van der Waals surface area contributed by atoms with Crippen LogP contribution < -0.4 is 15.8 Å². The summed E-state index contributed by atoms with van der Waals surface area (Å²) in [6, 6.07) is 8.64. The number of nitrogens with zero attached hydrogens (tertiary/aromatic N) is 4. The summed E-state index contributed by atoms with van der Waals surface area (Å²) in [7, 11) is 3.91. The largest absolute Gasteiger partial charge is 0.439 e. The zero-order valence-corrected chi connectivity index (χ0v) is 15.1. The highest BCUT2D eigenvalue weighted by molar-refractivity contribution is 5.88. The molecule has 0 saturated carbocycles. The number of rotatable bonds is 4. The Morgan fingerprint density at radius 1 is 1.27 bits per heavy atom. The molecule has 1 saturated heterocycles. The van der Waals surface area contributed by atoms with Gasteiger partial charge < -0.3 is 20.3 Å². The minimum absolute atomic E-state index is 0.184. The second kappa shape index (κ2) is 8.01. The lowest BCUT2D eigenvalue weighted by Crippen LogP contribution is -2.46. The SMILES string of the molecule is CN1CCC(N(C)C(=O)Nc2cc(Oc3ccc(N)cc3)ncn2)CC1. The Labute approximate surface area is 153 Å². The monoisotopic (exact) mass is 356 g/mol. The number of anilines is 2. The predicted octanol–water partition coefficient (Wildman–Crippen LogP) is 2.41. The molecule has 1 aliphatic heterocycles. The van der Waals surface area contributed by atoms with Crippen LogP contribution in [-0.2, 0) is 0 Å². The van der Waals surface area contributed by atoms with Crippen molar-refractivity contribution in [3.05, 3.63) is 36.7 Å². The minimum Gasteiger partial charge on any atom is -0.439 e. The number of hydrogen-bond acceptors (Lipinski definition) is 6. The highest BCUT2D eigenvalue weighted by Crippen LogP contribution is 2.22. The van der Waals surface area contributed by atoms with Crippen molar-refractivity contribution < 1.29 is 9.53 Å². The van der Waals surface area contributed by atoms with Gasteiger partial charge in [-0.2, -0.15) is 0 Å². The molecule has 26 heavy (non-hydrogen) atoms. The number of carbonyl (C=O) groups excluding carboxylic acids is 1. The first kappa shape index (κ1) is 17.9. The Morgan fingerprint density at radius 2 is 1.96 bits per heavy atom. The van der Waals surface area contributed by atoms with Crippen molar-refractivity contribution in [1.82, 2.24) is 19.8 Å². The molecule has 8 nitrogen and oxygen atoms in total. The van der Waals surface area contributed by atoms with Gasteiger partial charge >= 0.3 is 6.03 Å². The standard InChI is InChI=1S/C18H24N6O2/c1-23-9-7-14(8-10-23)24(2)18(25)22-16-11-17(21-12-20-16)26-15-5-3-13(19)4-6-15/h3-6,11-12,14H,7-10,19H2,1-2H3,(H,20,21,22,25). The number of piperidine rings is 1. The Kier molecular flexibility index (Phi) is 5.52. The first-order valence-electron chi connectivity index (χ1n) is 8.59. The lowest BCUT2D eigenvalue weighted by atomic mass is 10.0. The molecule has 138 valence electrons. The normalized spacial score (nSPS) is 15.5. The molecule has 1 aromatic carbocycles. The van der Waals surface area contributed by atoms with Crippen LogP contribution in [0.2, 0.25) is 0 Å². The second-order valence-corrected chi connectivity index (χ2v) is 6.49. The van der Waals surface area contributed by atoms with Crippen molar-refractivity contribution in [3.8, 4) is 11.6 Å². The molecule has 2 amide bonds. The number of nitrogens with one attached hydrogen (secondary N) is 1. The molecule has 1 fully saturated rings. The van der Waals surface area contributed by atoms with E-state index >= 15 is 0 Å². The fourth-order valence-electron chi connectivity index (χ4n) is 2.87. The van der Waals surface area contributed by atoms with Crippen molar-refractivity contribution in [2.45, 2.75) is 18.9 Å². The van der Waals surface area contributed by atoms with Gasteiger partial charge in [0.1, 0.15) is 17.9 Å². The molecule has 0 spiro atoms. The van der Waals surface area contributed by atoms with Gasteiger partial charge in [0, 0.05) is 24.8 Å². The number of urea groups is 1. The van der Waals surface area contributed by atoms with E-state index in [0.717, 1.165) is 25.9 Å². The van der Waals surface area contributed by atoms with E-state index in [9.17, 15) is 4.79 Å². The number of nitrogen functional groups attached to an aromatic ring is 1. The number of benzene rings is 1. The summed E-state index contributed by atoms with van der Waals surface area (Å²) in [4.78, 5) is 24.7. The molecule has 0 radical (unpaired) electrons. The van der Waals surface area contributed by atoms with Crippen LogP contribution in [0.4, 0.5) is 16.3 Å². The van der Waals surface area contributed by atoms with Gasteiger partial charge in [0.2, 0.25) is 5.88 Å². The summed E-state index contributed by atoms with van der Waals surface area (Å²) in [5.74, 6) is 1.36. The van der Waals surface area contributed by atoms with Gasteiger partial charge in [0.15, 0.2) is 0 Å². The van der Waals surface area contributed by atoms with E-state index < -0.39 is 0 Å². The molecule has 8 heteroatoms. The highest BCUT2D eigenvalue weighted by Gasteiger charge is 2.24. The summed E-state index contributed by atoms with van der Waals surface area (Å²) in [6.45, 7) is 1.99. The van der Waals surface area contributed by atoms with Crippen molar-refractivity contribution >= 4 is 17.5 Å². The average Bonchev–Trinajstić information content (AvgIpc) is 2.64. The zero-order valence-electron chi connectivity index (χ0n) is 15.1. The number of aromatic nitrogens is 2. The third kappa shape index (κ3) is 4.60. The number of carbonyl (C=O) groups is 1. The zero-order chi connectivity index (χ0) is 18.5. The molecule has 0 unspecified atom stereocenters. The van der Waals surface area contributed by atoms with E-state index in [4.69, 9.17) is 10.5 Å². The molecule has 0 aliphatic carbocycles. The Balaban J connectivity index is 1.60. The summed E-state index contributed by atoms with van der Waals surface area (Å²) in [6.07, 6.45) is 3.29. The van der Waals surface area contributed by atoms with Crippen molar-refractivity contribution in [1.29, 1.82) is 0 Å². The lowest BCUT2D eigenvalue weighted by molar-refractivity contribution is 0.156. The van der Waals surface area contributed by atoms with E-state index in [2.05, 4.69) is 27.2 Å². The minimum atomic E-state index is -0.184. The fraction of sp³-hybridized carbons (Fsp3) is 0.389. The third-order valence-corrected chi connectivity index (χ3v) is 4.54. The first-order chi connectivity index (χ1) is 12.5. The van der Waals surface area contributed by atoms with Crippen LogP contribution in [0, 0.1) is 0 Å². The number of ether oxygens (including phenoxy) is 1. The molecule has 3 N–H and O–H groups in total. The Morgan fingerprint density at radius 3 is 2.65 bits per heavy atom. The van der Waals surface area contributed by atoms with Crippen LogP contribution in [0.25, 0.3) is 0 Å². The van der Waals surface area contributed by atoms with E-state index in [1.807, 2.05) is 7.05 Å². The molecule has 0 atom stereocenters. The topological polar surface area (TPSA) is 96.6 Å². The van der Waals surface area contributed by atoms with E-state index in [0.29, 0.717) is 23.1 Å². The van der Waals surface area contributed by atoms with Gasteiger partial charge in [-0.1, -0.05) is 0 Å². The van der Waals surface area contributed by atoms with Gasteiger partial charge in [-0.3, -0.25) is 5.32 Å². The lowest BCUT2D eigenvalue weighted by Gasteiger charge is -2.34. The van der Waals surface area contributed by atoms with Crippen molar-refractivity contribution in [3.63, 3.8) is 0 Å². The average molecular weight is 356 g/mol. The van der Waals surface area contributed by atoms with Gasteiger partial charge in [-0.15, -0.1) is 0 Å². The maximum absolute atomic E-state index is 12.5. The molecule has 2 heterocycles. The second-order valence-electron chi connectivity index (χ2n) is 6.49. The molecule has 0 bridgehead atoms. The smallest absolute Gasteiger partial charge is 0.323 e. The van der Waals surface area contributed by atoms with Crippen molar-refractivity contribution in [2.24, 2.45) is 0 Å². The Hall–Kier alpha value is -2.87. The fourth-order valence-corrected chi connectivity index (χ4v) is 2.87. The van der Waals surface area contributed by atoms with Crippen LogP contribution in [-0.4, -0.2) is 59.0 Å². The van der Waals surface area contributed by atoms with Gasteiger partial charge in [-0.25, -0.2) is 14.8 Å². The number of nitrogens with two attached hydrogens (primary N) is 1. The number of amides is 2. The third-order valence-electron chi connectivity index (χ3n) is 4.54. The van der Waals surface area contributed by atoms with Gasteiger partial charge in [0.05, 0.1) is 0 Å². The van der Waals surface area contributed by atoms with Crippen LogP contribution in [0.15, 0.2) is 36.7 Å².